The predicted molar refractivity (Wildman–Crippen MR) is 125 cm³/mol. The Balaban J connectivity index is 1.38. The zero-order chi connectivity index (χ0) is 25.9. The van der Waals surface area contributed by atoms with Gasteiger partial charge in [0.05, 0.1) is 5.56 Å². The Morgan fingerprint density at radius 1 is 0.944 bits per heavy atom. The number of halogens is 3. The Morgan fingerprint density at radius 2 is 1.61 bits per heavy atom. The van der Waals surface area contributed by atoms with Gasteiger partial charge in [-0.2, -0.15) is 13.2 Å². The molecule has 0 bridgehead atoms. The second-order valence-electron chi connectivity index (χ2n) is 9.74. The number of aromatic nitrogens is 1. The number of carbonyl (C=O) groups excluding carboxylic acids is 3. The number of ketones is 1. The minimum Gasteiger partial charge on any atom is -0.444 e. The van der Waals surface area contributed by atoms with Crippen molar-refractivity contribution >= 4 is 17.7 Å². The maximum atomic E-state index is 13.3. The Morgan fingerprint density at radius 3 is 2.19 bits per heavy atom. The lowest BCUT2D eigenvalue weighted by atomic mass is 9.76. The highest BCUT2D eigenvalue weighted by Crippen LogP contribution is 2.39. The molecule has 2 aliphatic carbocycles. The SMILES string of the molecule is NC(=O)C1(OC(=O)c2ccc(C3CCC(C(=O)c4ccccc4C(F)(F)F)CC3)cn2)CCCCC1. The molecule has 192 valence electrons. The molecule has 1 heterocycles. The van der Waals surface area contributed by atoms with Gasteiger partial charge < -0.3 is 10.5 Å². The van der Waals surface area contributed by atoms with Gasteiger partial charge in [0, 0.05) is 17.7 Å². The van der Waals surface area contributed by atoms with E-state index in [9.17, 15) is 27.6 Å². The van der Waals surface area contributed by atoms with Crippen molar-refractivity contribution < 1.29 is 32.3 Å². The third-order valence-corrected chi connectivity index (χ3v) is 7.46. The van der Waals surface area contributed by atoms with Crippen LogP contribution in [-0.4, -0.2) is 28.2 Å². The fraction of sp³-hybridized carbons (Fsp3) is 0.481. The second kappa shape index (κ2) is 10.4. The zero-order valence-corrected chi connectivity index (χ0v) is 19.9. The summed E-state index contributed by atoms with van der Waals surface area (Å²) in [6.45, 7) is 0. The number of nitrogens with two attached hydrogens (primary N) is 1. The summed E-state index contributed by atoms with van der Waals surface area (Å²) in [5, 5.41) is 0. The molecule has 0 spiro atoms. The molecule has 6 nitrogen and oxygen atoms in total. The summed E-state index contributed by atoms with van der Waals surface area (Å²) in [5.74, 6) is -2.19. The van der Waals surface area contributed by atoms with Crippen LogP contribution in [-0.2, 0) is 15.7 Å². The molecule has 1 amide bonds. The average molecular weight is 503 g/mol. The number of carbonyl (C=O) groups is 3. The Bertz CT molecular complexity index is 1120. The van der Waals surface area contributed by atoms with Crippen LogP contribution in [0.4, 0.5) is 13.2 Å². The number of ether oxygens (including phenoxy) is 1. The lowest BCUT2D eigenvalue weighted by Crippen LogP contribution is -2.49. The van der Waals surface area contributed by atoms with Gasteiger partial charge in [-0.3, -0.25) is 9.59 Å². The molecule has 4 rings (SSSR count). The monoisotopic (exact) mass is 502 g/mol. The van der Waals surface area contributed by atoms with Crippen LogP contribution in [0.5, 0.6) is 0 Å². The molecule has 2 N–H and O–H groups in total. The second-order valence-corrected chi connectivity index (χ2v) is 9.74. The van der Waals surface area contributed by atoms with Crippen molar-refractivity contribution in [2.75, 3.05) is 0 Å². The minimum atomic E-state index is -4.58. The number of benzene rings is 1. The van der Waals surface area contributed by atoms with E-state index in [4.69, 9.17) is 10.5 Å². The molecular weight excluding hydrogens is 473 g/mol. The normalized spacial score (nSPS) is 22.0. The number of esters is 1. The number of alkyl halides is 3. The number of amides is 1. The van der Waals surface area contributed by atoms with Gasteiger partial charge in [0.15, 0.2) is 11.4 Å². The number of hydrogen-bond acceptors (Lipinski definition) is 5. The van der Waals surface area contributed by atoms with Crippen molar-refractivity contribution in [2.24, 2.45) is 11.7 Å². The van der Waals surface area contributed by atoms with Crippen LogP contribution in [0.15, 0.2) is 42.6 Å². The smallest absolute Gasteiger partial charge is 0.417 e. The Hall–Kier alpha value is -3.23. The summed E-state index contributed by atoms with van der Waals surface area (Å²) in [7, 11) is 0. The molecule has 9 heteroatoms. The fourth-order valence-electron chi connectivity index (χ4n) is 5.37. The molecule has 36 heavy (non-hydrogen) atoms. The summed E-state index contributed by atoms with van der Waals surface area (Å²) in [4.78, 5) is 41.7. The standard InChI is InChI=1S/C27H29F3N2O4/c28-27(29,30)21-7-3-2-6-20(21)23(33)18-10-8-17(9-11-18)19-12-13-22(32-16-19)24(34)36-26(25(31)35)14-4-1-5-15-26/h2-3,6-7,12-13,16-18H,1,4-5,8-11,14-15H2,(H2,31,35). The molecule has 2 saturated carbocycles. The molecule has 2 fully saturated rings. The predicted octanol–water partition coefficient (Wildman–Crippen LogP) is 5.60. The van der Waals surface area contributed by atoms with E-state index in [-0.39, 0.29) is 17.2 Å². The van der Waals surface area contributed by atoms with Gasteiger partial charge in [-0.1, -0.05) is 30.7 Å². The first kappa shape index (κ1) is 25.9. The summed E-state index contributed by atoms with van der Waals surface area (Å²) in [5.41, 5.74) is 4.05. The zero-order valence-electron chi connectivity index (χ0n) is 19.9. The van der Waals surface area contributed by atoms with Crippen molar-refractivity contribution in [1.82, 2.24) is 4.98 Å². The van der Waals surface area contributed by atoms with Crippen LogP contribution in [0.25, 0.3) is 0 Å². The van der Waals surface area contributed by atoms with Gasteiger partial charge in [-0.15, -0.1) is 0 Å². The van der Waals surface area contributed by atoms with Gasteiger partial charge >= 0.3 is 12.1 Å². The summed E-state index contributed by atoms with van der Waals surface area (Å²) in [6.07, 6.45) is 2.49. The summed E-state index contributed by atoms with van der Waals surface area (Å²) in [6, 6.07) is 8.24. The van der Waals surface area contributed by atoms with E-state index in [0.29, 0.717) is 38.5 Å². The molecule has 2 aliphatic rings. The number of pyridine rings is 1. The molecule has 0 radical (unpaired) electrons. The van der Waals surface area contributed by atoms with Crippen molar-refractivity contribution in [3.05, 3.63) is 65.0 Å². The van der Waals surface area contributed by atoms with Crippen LogP contribution < -0.4 is 5.73 Å². The van der Waals surface area contributed by atoms with E-state index in [0.717, 1.165) is 30.9 Å². The van der Waals surface area contributed by atoms with Crippen LogP contribution >= 0.6 is 0 Å². The van der Waals surface area contributed by atoms with E-state index in [1.54, 1.807) is 18.3 Å². The number of primary amides is 1. The molecular formula is C27H29F3N2O4. The first-order valence-corrected chi connectivity index (χ1v) is 12.3. The van der Waals surface area contributed by atoms with E-state index in [1.165, 1.54) is 18.2 Å². The Labute approximate surface area is 207 Å². The van der Waals surface area contributed by atoms with Crippen molar-refractivity contribution in [2.45, 2.75) is 75.5 Å². The van der Waals surface area contributed by atoms with E-state index in [2.05, 4.69) is 4.98 Å². The highest BCUT2D eigenvalue weighted by atomic mass is 19.4. The maximum Gasteiger partial charge on any atom is 0.417 e. The largest absolute Gasteiger partial charge is 0.444 e. The van der Waals surface area contributed by atoms with Crippen molar-refractivity contribution in [1.29, 1.82) is 0 Å². The third-order valence-electron chi connectivity index (χ3n) is 7.46. The summed E-state index contributed by atoms with van der Waals surface area (Å²) < 4.78 is 45.5. The first-order chi connectivity index (χ1) is 17.1. The van der Waals surface area contributed by atoms with Crippen LogP contribution in [0.1, 0.15) is 95.7 Å². The van der Waals surface area contributed by atoms with Gasteiger partial charge in [-0.05, 0) is 75.0 Å². The van der Waals surface area contributed by atoms with Crippen molar-refractivity contribution in [3.63, 3.8) is 0 Å². The van der Waals surface area contributed by atoms with E-state index < -0.39 is 40.9 Å². The Kier molecular flexibility index (Phi) is 7.47. The summed E-state index contributed by atoms with van der Waals surface area (Å²) >= 11 is 0. The number of hydrogen-bond donors (Lipinski definition) is 1. The number of rotatable bonds is 6. The van der Waals surface area contributed by atoms with Gasteiger partial charge in [-0.25, -0.2) is 9.78 Å². The highest BCUT2D eigenvalue weighted by Gasteiger charge is 2.42. The minimum absolute atomic E-state index is 0.0811. The molecule has 1 aromatic heterocycles. The molecule has 0 saturated heterocycles. The third kappa shape index (κ3) is 5.44. The maximum absolute atomic E-state index is 13.3. The average Bonchev–Trinajstić information content (AvgIpc) is 2.88. The number of Topliss-reactive ketones (excluding diaryl/α,β-unsaturated/α-hetero) is 1. The fourth-order valence-corrected chi connectivity index (χ4v) is 5.37. The molecule has 0 atom stereocenters. The molecule has 1 aromatic carbocycles. The van der Waals surface area contributed by atoms with Gasteiger partial charge in [0.1, 0.15) is 5.69 Å². The van der Waals surface area contributed by atoms with E-state index >= 15 is 0 Å². The van der Waals surface area contributed by atoms with E-state index in [1.807, 2.05) is 0 Å². The van der Waals surface area contributed by atoms with Crippen LogP contribution in [0.2, 0.25) is 0 Å². The van der Waals surface area contributed by atoms with Gasteiger partial charge in [0.25, 0.3) is 5.91 Å². The molecule has 2 aromatic rings. The van der Waals surface area contributed by atoms with Crippen LogP contribution in [0, 0.1) is 5.92 Å². The first-order valence-electron chi connectivity index (χ1n) is 12.3. The molecule has 0 aliphatic heterocycles. The lowest BCUT2D eigenvalue weighted by Gasteiger charge is -2.33. The van der Waals surface area contributed by atoms with Crippen molar-refractivity contribution in [3.8, 4) is 0 Å². The van der Waals surface area contributed by atoms with Crippen LogP contribution in [0.3, 0.4) is 0 Å². The lowest BCUT2D eigenvalue weighted by molar-refractivity contribution is -0.140. The van der Waals surface area contributed by atoms with Gasteiger partial charge in [0.2, 0.25) is 0 Å². The topological polar surface area (TPSA) is 99.4 Å². The number of nitrogens with zero attached hydrogens (tertiary/aromatic N) is 1. The quantitative estimate of drug-likeness (QED) is 0.409. The molecule has 0 unspecified atom stereocenters. The highest BCUT2D eigenvalue weighted by molar-refractivity contribution is 5.99.